The van der Waals surface area contributed by atoms with Gasteiger partial charge in [-0.15, -0.1) is 11.3 Å². The van der Waals surface area contributed by atoms with Crippen molar-refractivity contribution >= 4 is 28.6 Å². The number of ether oxygens (including phenoxy) is 1. The predicted molar refractivity (Wildman–Crippen MR) is 117 cm³/mol. The number of nitrogens with one attached hydrogen (secondary N) is 1. The number of esters is 1. The van der Waals surface area contributed by atoms with E-state index in [2.05, 4.69) is 48.4 Å². The van der Waals surface area contributed by atoms with E-state index in [4.69, 9.17) is 4.74 Å². The van der Waals surface area contributed by atoms with Crippen molar-refractivity contribution in [2.75, 3.05) is 11.9 Å². The first kappa shape index (κ1) is 20.3. The van der Waals surface area contributed by atoms with Crippen LogP contribution in [0.25, 0.3) is 16.8 Å². The lowest BCUT2D eigenvalue weighted by Gasteiger charge is -2.05. The molecule has 0 fully saturated rings. The summed E-state index contributed by atoms with van der Waals surface area (Å²) < 4.78 is 4.97. The summed E-state index contributed by atoms with van der Waals surface area (Å²) in [5.74, 6) is -0.353. The maximum atomic E-state index is 11.7. The Morgan fingerprint density at radius 3 is 2.66 bits per heavy atom. The van der Waals surface area contributed by atoms with Crippen molar-refractivity contribution in [3.63, 3.8) is 0 Å². The first-order valence-corrected chi connectivity index (χ1v) is 10.1. The second kappa shape index (κ2) is 9.18. The lowest BCUT2D eigenvalue weighted by atomic mass is 10.0. The van der Waals surface area contributed by atoms with Gasteiger partial charge in [-0.2, -0.15) is 5.26 Å². The third kappa shape index (κ3) is 4.89. The van der Waals surface area contributed by atoms with Crippen LogP contribution in [0.4, 0.5) is 5.69 Å². The fraction of sp³-hybridized carbons (Fsp3) is 0.174. The van der Waals surface area contributed by atoms with E-state index in [0.29, 0.717) is 22.8 Å². The molecule has 0 aliphatic rings. The summed E-state index contributed by atoms with van der Waals surface area (Å²) in [6.45, 7) is 6.23. The van der Waals surface area contributed by atoms with Crippen LogP contribution in [0.5, 0.6) is 0 Å². The summed E-state index contributed by atoms with van der Waals surface area (Å²) in [6.07, 6.45) is 1.63. The van der Waals surface area contributed by atoms with Crippen LogP contribution in [-0.2, 0) is 4.74 Å². The van der Waals surface area contributed by atoms with Gasteiger partial charge >= 0.3 is 5.97 Å². The van der Waals surface area contributed by atoms with E-state index in [1.54, 1.807) is 37.4 Å². The number of carbonyl (C=O) groups excluding carboxylic acids is 1. The summed E-state index contributed by atoms with van der Waals surface area (Å²) in [6, 6.07) is 15.3. The maximum Gasteiger partial charge on any atom is 0.338 e. The molecule has 146 valence electrons. The van der Waals surface area contributed by atoms with Crippen molar-refractivity contribution in [2.24, 2.45) is 0 Å². The molecule has 0 saturated carbocycles. The lowest BCUT2D eigenvalue weighted by molar-refractivity contribution is 0.0526. The summed E-state index contributed by atoms with van der Waals surface area (Å²) in [5, 5.41) is 15.3. The molecule has 0 bridgehead atoms. The zero-order chi connectivity index (χ0) is 20.8. The van der Waals surface area contributed by atoms with Crippen molar-refractivity contribution in [1.82, 2.24) is 4.98 Å². The van der Waals surface area contributed by atoms with Crippen molar-refractivity contribution in [1.29, 1.82) is 5.26 Å². The number of nitriles is 1. The van der Waals surface area contributed by atoms with Gasteiger partial charge in [0, 0.05) is 22.8 Å². The van der Waals surface area contributed by atoms with E-state index < -0.39 is 0 Å². The Labute approximate surface area is 174 Å². The highest BCUT2D eigenvalue weighted by atomic mass is 32.1. The van der Waals surface area contributed by atoms with Gasteiger partial charge in [-0.05, 0) is 50.6 Å². The van der Waals surface area contributed by atoms with E-state index >= 15 is 0 Å². The molecule has 0 aliphatic carbocycles. The Hall–Kier alpha value is -3.43. The number of anilines is 1. The Balaban J connectivity index is 1.76. The van der Waals surface area contributed by atoms with E-state index in [1.807, 2.05) is 5.38 Å². The standard InChI is InChI=1S/C23H21N3O2S/c1-4-28-23(27)17-6-8-19(9-7-17)25-13-18(12-24)22-26-21(14-29-22)20-10-5-15(2)11-16(20)3/h5-11,13-14,25H,4H2,1-3H3. The molecule has 3 aromatic rings. The average molecular weight is 404 g/mol. The largest absolute Gasteiger partial charge is 0.462 e. The minimum absolute atomic E-state index is 0.338. The number of allylic oxidation sites excluding steroid dienone is 1. The number of aromatic nitrogens is 1. The first-order chi connectivity index (χ1) is 14.0. The monoisotopic (exact) mass is 403 g/mol. The summed E-state index contributed by atoms with van der Waals surface area (Å²) in [7, 11) is 0. The van der Waals surface area contributed by atoms with Crippen LogP contribution in [-0.4, -0.2) is 17.6 Å². The molecule has 0 atom stereocenters. The van der Waals surface area contributed by atoms with Gasteiger partial charge in [-0.25, -0.2) is 9.78 Å². The number of hydrogen-bond donors (Lipinski definition) is 1. The number of benzene rings is 2. The molecule has 5 nitrogen and oxygen atoms in total. The highest BCUT2D eigenvalue weighted by molar-refractivity contribution is 7.11. The molecule has 29 heavy (non-hydrogen) atoms. The number of thiazole rings is 1. The average Bonchev–Trinajstić information content (AvgIpc) is 3.19. The molecule has 1 N–H and O–H groups in total. The second-order valence-corrected chi connectivity index (χ2v) is 7.33. The number of carbonyl (C=O) groups is 1. The topological polar surface area (TPSA) is 75.0 Å². The molecular formula is C23H21N3O2S. The minimum atomic E-state index is -0.353. The molecule has 1 aromatic heterocycles. The van der Waals surface area contributed by atoms with Crippen molar-refractivity contribution < 1.29 is 9.53 Å². The zero-order valence-corrected chi connectivity index (χ0v) is 17.3. The Morgan fingerprint density at radius 1 is 1.24 bits per heavy atom. The van der Waals surface area contributed by atoms with Gasteiger partial charge in [0.15, 0.2) is 0 Å². The Bertz CT molecular complexity index is 1090. The number of aryl methyl sites for hydroxylation is 2. The van der Waals surface area contributed by atoms with Crippen LogP contribution in [0.3, 0.4) is 0 Å². The van der Waals surface area contributed by atoms with E-state index in [-0.39, 0.29) is 5.97 Å². The summed E-state index contributed by atoms with van der Waals surface area (Å²) >= 11 is 1.43. The normalized spacial score (nSPS) is 11.0. The molecule has 1 heterocycles. The lowest BCUT2D eigenvalue weighted by Crippen LogP contribution is -2.04. The smallest absolute Gasteiger partial charge is 0.338 e. The highest BCUT2D eigenvalue weighted by Crippen LogP contribution is 2.28. The van der Waals surface area contributed by atoms with Crippen LogP contribution in [0.15, 0.2) is 54.0 Å². The quantitative estimate of drug-likeness (QED) is 0.429. The molecular weight excluding hydrogens is 382 g/mol. The molecule has 6 heteroatoms. The SMILES string of the molecule is CCOC(=O)c1ccc(NC=C(C#N)c2nc(-c3ccc(C)cc3C)cs2)cc1. The van der Waals surface area contributed by atoms with Crippen LogP contribution in [0.2, 0.25) is 0 Å². The van der Waals surface area contributed by atoms with E-state index in [0.717, 1.165) is 22.5 Å². The van der Waals surface area contributed by atoms with Gasteiger partial charge in [-0.1, -0.05) is 23.8 Å². The van der Waals surface area contributed by atoms with Crippen LogP contribution in [0, 0.1) is 25.2 Å². The zero-order valence-electron chi connectivity index (χ0n) is 16.5. The molecule has 0 radical (unpaired) electrons. The van der Waals surface area contributed by atoms with Gasteiger partial charge in [0.05, 0.1) is 17.9 Å². The van der Waals surface area contributed by atoms with Gasteiger partial charge in [0.25, 0.3) is 0 Å². The molecule has 2 aromatic carbocycles. The Kier molecular flexibility index (Phi) is 6.43. The first-order valence-electron chi connectivity index (χ1n) is 9.19. The third-order valence-corrected chi connectivity index (χ3v) is 5.17. The van der Waals surface area contributed by atoms with Crippen molar-refractivity contribution in [3.05, 3.63) is 75.7 Å². The van der Waals surface area contributed by atoms with Gasteiger partial charge < -0.3 is 10.1 Å². The number of nitrogens with zero attached hydrogens (tertiary/aromatic N) is 2. The van der Waals surface area contributed by atoms with Gasteiger partial charge in [0.1, 0.15) is 16.6 Å². The van der Waals surface area contributed by atoms with Gasteiger partial charge in [0.2, 0.25) is 0 Å². The fourth-order valence-electron chi connectivity index (χ4n) is 2.84. The van der Waals surface area contributed by atoms with Crippen LogP contribution in [0.1, 0.15) is 33.4 Å². The van der Waals surface area contributed by atoms with Gasteiger partial charge in [-0.3, -0.25) is 0 Å². The van der Waals surface area contributed by atoms with E-state index in [9.17, 15) is 10.1 Å². The molecule has 0 amide bonds. The van der Waals surface area contributed by atoms with Crippen molar-refractivity contribution in [2.45, 2.75) is 20.8 Å². The molecule has 0 unspecified atom stereocenters. The maximum absolute atomic E-state index is 11.7. The number of hydrogen-bond acceptors (Lipinski definition) is 6. The minimum Gasteiger partial charge on any atom is -0.462 e. The van der Waals surface area contributed by atoms with E-state index in [1.165, 1.54) is 16.9 Å². The summed E-state index contributed by atoms with van der Waals surface area (Å²) in [4.78, 5) is 16.3. The highest BCUT2D eigenvalue weighted by Gasteiger charge is 2.11. The Morgan fingerprint density at radius 2 is 2.00 bits per heavy atom. The third-order valence-electron chi connectivity index (χ3n) is 4.29. The fourth-order valence-corrected chi connectivity index (χ4v) is 3.62. The predicted octanol–water partition coefficient (Wildman–Crippen LogP) is 5.58. The molecule has 0 aliphatic heterocycles. The summed E-state index contributed by atoms with van der Waals surface area (Å²) in [5.41, 5.74) is 5.99. The second-order valence-electron chi connectivity index (χ2n) is 6.47. The van der Waals surface area contributed by atoms with Crippen LogP contribution < -0.4 is 5.32 Å². The number of rotatable bonds is 6. The van der Waals surface area contributed by atoms with Crippen molar-refractivity contribution in [3.8, 4) is 17.3 Å². The molecule has 0 saturated heterocycles. The molecule has 3 rings (SSSR count). The molecule has 0 spiro atoms. The van der Waals surface area contributed by atoms with Crippen LogP contribution >= 0.6 is 11.3 Å².